The van der Waals surface area contributed by atoms with E-state index < -0.39 is 17.5 Å². The Kier molecular flexibility index (Phi) is 2.85. The molecule has 18 heavy (non-hydrogen) atoms. The van der Waals surface area contributed by atoms with Crippen LogP contribution in [0.3, 0.4) is 0 Å². The first-order chi connectivity index (χ1) is 8.39. The van der Waals surface area contributed by atoms with Crippen molar-refractivity contribution in [2.45, 2.75) is 13.1 Å². The Labute approximate surface area is 99.3 Å². The molecule has 0 N–H and O–H groups in total. The zero-order chi connectivity index (χ0) is 13.3. The summed E-state index contributed by atoms with van der Waals surface area (Å²) in [5.74, 6) is -0.450. The van der Waals surface area contributed by atoms with E-state index in [2.05, 4.69) is 15.1 Å². The summed E-state index contributed by atoms with van der Waals surface area (Å²) in [4.78, 5) is 18.5. The molecule has 0 radical (unpaired) electrons. The van der Waals surface area contributed by atoms with E-state index in [1.54, 1.807) is 0 Å². The molecule has 0 unspecified atom stereocenters. The molecule has 0 saturated carbocycles. The van der Waals surface area contributed by atoms with Gasteiger partial charge in [0.25, 0.3) is 0 Å². The number of alkyl halides is 3. The van der Waals surface area contributed by atoms with Crippen molar-refractivity contribution in [1.29, 1.82) is 0 Å². The van der Waals surface area contributed by atoms with Crippen LogP contribution in [0, 0.1) is 0 Å². The van der Waals surface area contributed by atoms with Crippen LogP contribution in [0.25, 0.3) is 5.69 Å². The number of ketones is 1. The highest BCUT2D eigenvalue weighted by Crippen LogP contribution is 2.30. The van der Waals surface area contributed by atoms with Gasteiger partial charge in [-0.25, -0.2) is 9.67 Å². The smallest absolute Gasteiger partial charge is 0.293 e. The Morgan fingerprint density at radius 3 is 2.61 bits per heavy atom. The van der Waals surface area contributed by atoms with Gasteiger partial charge in [-0.3, -0.25) is 9.78 Å². The van der Waals surface area contributed by atoms with Crippen molar-refractivity contribution in [1.82, 2.24) is 19.7 Å². The fraction of sp³-hybridized carbons (Fsp3) is 0.200. The van der Waals surface area contributed by atoms with E-state index in [0.717, 1.165) is 17.1 Å². The summed E-state index contributed by atoms with van der Waals surface area (Å²) in [5, 5.41) is 3.70. The summed E-state index contributed by atoms with van der Waals surface area (Å²) in [6.07, 6.45) is -1.55. The molecule has 2 aromatic rings. The Bertz CT molecular complexity index is 577. The van der Waals surface area contributed by atoms with Crippen LogP contribution >= 0.6 is 0 Å². The predicted molar refractivity (Wildman–Crippen MR) is 54.2 cm³/mol. The SMILES string of the molecule is CC(=O)c1ncc(C(F)(F)F)cc1-n1cncn1. The van der Waals surface area contributed by atoms with Gasteiger partial charge in [0.1, 0.15) is 18.3 Å². The number of hydrogen-bond acceptors (Lipinski definition) is 4. The van der Waals surface area contributed by atoms with Crippen molar-refractivity contribution in [3.63, 3.8) is 0 Å². The van der Waals surface area contributed by atoms with Crippen LogP contribution in [0.2, 0.25) is 0 Å². The number of carbonyl (C=O) groups is 1. The van der Waals surface area contributed by atoms with Crippen molar-refractivity contribution in [2.75, 3.05) is 0 Å². The van der Waals surface area contributed by atoms with E-state index in [1.807, 2.05) is 0 Å². The van der Waals surface area contributed by atoms with Gasteiger partial charge in [-0.15, -0.1) is 0 Å². The Morgan fingerprint density at radius 2 is 2.11 bits per heavy atom. The largest absolute Gasteiger partial charge is 0.417 e. The second-order valence-electron chi connectivity index (χ2n) is 3.49. The summed E-state index contributed by atoms with van der Waals surface area (Å²) in [5.41, 5.74) is -1.08. The molecule has 0 aliphatic heterocycles. The molecule has 0 aliphatic rings. The molecular formula is C10H7F3N4O. The predicted octanol–water partition coefficient (Wildman–Crippen LogP) is 1.88. The number of pyridine rings is 1. The van der Waals surface area contributed by atoms with Gasteiger partial charge in [0.05, 0.1) is 11.3 Å². The zero-order valence-electron chi connectivity index (χ0n) is 9.14. The summed E-state index contributed by atoms with van der Waals surface area (Å²) >= 11 is 0. The van der Waals surface area contributed by atoms with Crippen LogP contribution in [-0.2, 0) is 6.18 Å². The minimum Gasteiger partial charge on any atom is -0.293 e. The second kappa shape index (κ2) is 4.21. The normalized spacial score (nSPS) is 11.6. The fourth-order valence-electron chi connectivity index (χ4n) is 1.39. The van der Waals surface area contributed by atoms with E-state index in [9.17, 15) is 18.0 Å². The molecule has 0 amide bonds. The van der Waals surface area contributed by atoms with Crippen molar-refractivity contribution >= 4 is 5.78 Å². The maximum Gasteiger partial charge on any atom is 0.417 e. The minimum atomic E-state index is -4.53. The quantitative estimate of drug-likeness (QED) is 0.770. The molecule has 0 aromatic carbocycles. The molecule has 0 atom stereocenters. The van der Waals surface area contributed by atoms with Crippen LogP contribution in [0.1, 0.15) is 23.0 Å². The highest BCUT2D eigenvalue weighted by atomic mass is 19.4. The molecule has 2 rings (SSSR count). The number of carbonyl (C=O) groups excluding carboxylic acids is 1. The first-order valence-corrected chi connectivity index (χ1v) is 4.83. The van der Waals surface area contributed by atoms with E-state index in [1.165, 1.54) is 13.3 Å². The average molecular weight is 256 g/mol. The average Bonchev–Trinajstić information content (AvgIpc) is 2.80. The molecule has 0 bridgehead atoms. The second-order valence-corrected chi connectivity index (χ2v) is 3.49. The van der Waals surface area contributed by atoms with Gasteiger partial charge in [-0.05, 0) is 6.07 Å². The number of Topliss-reactive ketones (excluding diaryl/α,β-unsaturated/α-hetero) is 1. The van der Waals surface area contributed by atoms with Crippen molar-refractivity contribution in [3.8, 4) is 5.69 Å². The highest BCUT2D eigenvalue weighted by Gasteiger charge is 2.32. The van der Waals surface area contributed by atoms with Crippen LogP contribution in [-0.4, -0.2) is 25.5 Å². The first-order valence-electron chi connectivity index (χ1n) is 4.83. The highest BCUT2D eigenvalue weighted by molar-refractivity contribution is 5.95. The maximum absolute atomic E-state index is 12.6. The van der Waals surface area contributed by atoms with Gasteiger partial charge in [0.2, 0.25) is 0 Å². The van der Waals surface area contributed by atoms with Gasteiger partial charge >= 0.3 is 6.18 Å². The minimum absolute atomic E-state index is 0.0465. The summed E-state index contributed by atoms with van der Waals surface area (Å²) in [6, 6.07) is 0.818. The van der Waals surface area contributed by atoms with Crippen LogP contribution in [0.15, 0.2) is 24.9 Å². The maximum atomic E-state index is 12.6. The van der Waals surface area contributed by atoms with Crippen LogP contribution < -0.4 is 0 Å². The Hall–Kier alpha value is -2.25. The molecule has 94 valence electrons. The van der Waals surface area contributed by atoms with Gasteiger partial charge in [-0.1, -0.05) is 0 Å². The van der Waals surface area contributed by atoms with Crippen molar-refractivity contribution < 1.29 is 18.0 Å². The molecule has 2 heterocycles. The molecule has 5 nitrogen and oxygen atoms in total. The van der Waals surface area contributed by atoms with E-state index in [-0.39, 0.29) is 11.4 Å². The number of nitrogens with zero attached hydrogens (tertiary/aromatic N) is 4. The topological polar surface area (TPSA) is 60.7 Å². The molecular weight excluding hydrogens is 249 g/mol. The molecule has 0 aliphatic carbocycles. The van der Waals surface area contributed by atoms with Gasteiger partial charge in [0.15, 0.2) is 5.78 Å². The van der Waals surface area contributed by atoms with E-state index in [0.29, 0.717) is 6.20 Å². The zero-order valence-corrected chi connectivity index (χ0v) is 9.14. The monoisotopic (exact) mass is 256 g/mol. The number of aromatic nitrogens is 4. The third-order valence-electron chi connectivity index (χ3n) is 2.19. The lowest BCUT2D eigenvalue weighted by Gasteiger charge is -2.10. The third kappa shape index (κ3) is 2.22. The third-order valence-corrected chi connectivity index (χ3v) is 2.19. The van der Waals surface area contributed by atoms with Crippen LogP contribution in [0.5, 0.6) is 0 Å². The Balaban J connectivity index is 2.63. The number of rotatable bonds is 2. The lowest BCUT2D eigenvalue weighted by molar-refractivity contribution is -0.137. The van der Waals surface area contributed by atoms with Gasteiger partial charge in [-0.2, -0.15) is 18.3 Å². The van der Waals surface area contributed by atoms with E-state index >= 15 is 0 Å². The first kappa shape index (κ1) is 12.2. The van der Waals surface area contributed by atoms with Crippen LogP contribution in [0.4, 0.5) is 13.2 Å². The van der Waals surface area contributed by atoms with Crippen molar-refractivity contribution in [3.05, 3.63) is 36.2 Å². The molecule has 0 spiro atoms. The number of halogens is 3. The van der Waals surface area contributed by atoms with E-state index in [4.69, 9.17) is 0 Å². The standard InChI is InChI=1S/C10H7F3N4O/c1-6(18)9-8(17-5-14-4-16-17)2-7(3-15-9)10(11,12)13/h2-5H,1H3. The number of hydrogen-bond donors (Lipinski definition) is 0. The fourth-order valence-corrected chi connectivity index (χ4v) is 1.39. The molecule has 8 heteroatoms. The molecule has 2 aromatic heterocycles. The lowest BCUT2D eigenvalue weighted by Crippen LogP contribution is -2.12. The lowest BCUT2D eigenvalue weighted by atomic mass is 10.2. The van der Waals surface area contributed by atoms with Gasteiger partial charge in [0, 0.05) is 13.1 Å². The summed E-state index contributed by atoms with van der Waals surface area (Å²) in [7, 11) is 0. The Morgan fingerprint density at radius 1 is 1.39 bits per heavy atom. The molecule has 0 saturated heterocycles. The molecule has 0 fully saturated rings. The summed E-state index contributed by atoms with van der Waals surface area (Å²) < 4.78 is 38.8. The summed E-state index contributed by atoms with van der Waals surface area (Å²) in [6.45, 7) is 1.22. The van der Waals surface area contributed by atoms with Gasteiger partial charge < -0.3 is 0 Å². The van der Waals surface area contributed by atoms with Crippen molar-refractivity contribution in [2.24, 2.45) is 0 Å².